The summed E-state index contributed by atoms with van der Waals surface area (Å²) in [6, 6.07) is 0. The van der Waals surface area contributed by atoms with E-state index >= 15 is 0 Å². The van der Waals surface area contributed by atoms with Crippen LogP contribution in [0.15, 0.2) is 11.6 Å². The number of ether oxygens (including phenoxy) is 3. The molecular formula is C39H67NO5. The largest absolute Gasteiger partial charge is 0.481 e. The number of aliphatic carboxylic acids is 1. The van der Waals surface area contributed by atoms with E-state index in [4.69, 9.17) is 19.9 Å². The third kappa shape index (κ3) is 4.95. The van der Waals surface area contributed by atoms with Gasteiger partial charge in [0.1, 0.15) is 0 Å². The van der Waals surface area contributed by atoms with E-state index in [1.165, 1.54) is 0 Å². The smallest absolute Gasteiger partial charge is 0.307 e. The summed E-state index contributed by atoms with van der Waals surface area (Å²) < 4.78 is 19.8. The third-order valence-electron chi connectivity index (χ3n) is 16.0. The first-order chi connectivity index (χ1) is 20.7. The van der Waals surface area contributed by atoms with Crippen LogP contribution >= 0.6 is 0 Å². The zero-order valence-electron chi connectivity index (χ0n) is 30.8. The number of hydrogen-bond donors (Lipinski definition) is 2. The van der Waals surface area contributed by atoms with Crippen molar-refractivity contribution in [3.8, 4) is 0 Å². The molecule has 0 aromatic rings. The van der Waals surface area contributed by atoms with Crippen molar-refractivity contribution in [1.82, 2.24) is 0 Å². The first-order valence-electron chi connectivity index (χ1n) is 18.1. The molecule has 4 aliphatic carbocycles. The van der Waals surface area contributed by atoms with Gasteiger partial charge in [-0.2, -0.15) is 0 Å². The van der Waals surface area contributed by atoms with Crippen LogP contribution in [0.1, 0.15) is 121 Å². The molecule has 1 aliphatic heterocycles. The average Bonchev–Trinajstić information content (AvgIpc) is 3.04. The molecule has 2 bridgehead atoms. The van der Waals surface area contributed by atoms with Crippen molar-refractivity contribution in [3.05, 3.63) is 11.6 Å². The molecule has 0 aromatic carbocycles. The summed E-state index contributed by atoms with van der Waals surface area (Å²) in [4.78, 5) is 13.4. The number of carbonyl (C=O) groups is 1. The summed E-state index contributed by atoms with van der Waals surface area (Å²) in [6.45, 7) is 26.9. The second-order valence-corrected chi connectivity index (χ2v) is 19.0. The maximum absolute atomic E-state index is 13.4. The molecule has 3 saturated carbocycles. The summed E-state index contributed by atoms with van der Waals surface area (Å²) in [5.41, 5.74) is 7.01. The Hall–Kier alpha value is -0.950. The number of nitrogens with two attached hydrogens (primary N) is 1. The van der Waals surface area contributed by atoms with Crippen LogP contribution in [0.25, 0.3) is 0 Å². The van der Waals surface area contributed by atoms with Gasteiger partial charge in [0.15, 0.2) is 0 Å². The molecule has 258 valence electrons. The fourth-order valence-corrected chi connectivity index (χ4v) is 11.8. The van der Waals surface area contributed by atoms with Crippen molar-refractivity contribution < 1.29 is 24.1 Å². The van der Waals surface area contributed by atoms with Crippen molar-refractivity contribution in [3.63, 3.8) is 0 Å². The van der Waals surface area contributed by atoms with Gasteiger partial charge in [0.25, 0.3) is 0 Å². The molecule has 4 fully saturated rings. The Morgan fingerprint density at radius 3 is 2.31 bits per heavy atom. The number of allylic oxidation sites excluding steroid dienone is 2. The molecule has 1 heterocycles. The highest BCUT2D eigenvalue weighted by molar-refractivity contribution is 5.73. The van der Waals surface area contributed by atoms with Crippen LogP contribution in [0, 0.1) is 62.1 Å². The van der Waals surface area contributed by atoms with E-state index in [1.54, 1.807) is 5.57 Å². The van der Waals surface area contributed by atoms with Gasteiger partial charge in [-0.25, -0.2) is 0 Å². The van der Waals surface area contributed by atoms with Crippen LogP contribution < -0.4 is 5.73 Å². The highest BCUT2D eigenvalue weighted by atomic mass is 16.5. The number of hydrogen-bond acceptors (Lipinski definition) is 5. The summed E-state index contributed by atoms with van der Waals surface area (Å²) >= 11 is 0. The molecule has 3 N–H and O–H groups in total. The molecule has 6 heteroatoms. The number of carboxylic acid groups (broad SMARTS) is 1. The fraction of sp³-hybridized carbons (Fsp3) is 0.923. The van der Waals surface area contributed by atoms with Crippen molar-refractivity contribution in [1.29, 1.82) is 0 Å². The molecule has 0 radical (unpaired) electrons. The molecule has 6 nitrogen and oxygen atoms in total. The predicted octanol–water partition coefficient (Wildman–Crippen LogP) is 8.13. The highest BCUT2D eigenvalue weighted by Gasteiger charge is 2.71. The van der Waals surface area contributed by atoms with Crippen LogP contribution in [0.2, 0.25) is 0 Å². The minimum absolute atomic E-state index is 0.0280. The lowest BCUT2D eigenvalue weighted by Crippen LogP contribution is -2.67. The van der Waals surface area contributed by atoms with Crippen molar-refractivity contribution in [2.75, 3.05) is 26.9 Å². The number of carboxylic acids is 1. The summed E-state index contributed by atoms with van der Waals surface area (Å²) in [5, 5.41) is 11.0. The van der Waals surface area contributed by atoms with Gasteiger partial charge in [-0.1, -0.05) is 80.9 Å². The van der Waals surface area contributed by atoms with Crippen LogP contribution in [0.3, 0.4) is 0 Å². The van der Waals surface area contributed by atoms with Crippen LogP contribution in [0.5, 0.6) is 0 Å². The Balaban J connectivity index is 1.57. The van der Waals surface area contributed by atoms with Gasteiger partial charge in [0.2, 0.25) is 0 Å². The van der Waals surface area contributed by atoms with Crippen LogP contribution in [-0.4, -0.2) is 55.8 Å². The fourth-order valence-electron chi connectivity index (χ4n) is 11.8. The lowest BCUT2D eigenvalue weighted by atomic mass is 9.34. The topological polar surface area (TPSA) is 91.0 Å². The SMILES string of the molecule is CO[C@@H]1C[C@@]23CCOC[C@@](C)([C@@H]2CC[C@H]2C3=CC[C@@]3(C)[C@H](C(=O)O)[C@@](C)([C@H](C)C(C)C)CC[C@]23C)[C@H]1OC[C@](C)(N)C(C)(C)C. The first kappa shape index (κ1) is 35.4. The molecule has 12 atom stereocenters. The zero-order chi connectivity index (χ0) is 33.6. The van der Waals surface area contributed by atoms with Crippen molar-refractivity contribution in [2.45, 2.75) is 139 Å². The van der Waals surface area contributed by atoms with E-state index in [-0.39, 0.29) is 50.6 Å². The third-order valence-corrected chi connectivity index (χ3v) is 16.0. The zero-order valence-corrected chi connectivity index (χ0v) is 30.8. The van der Waals surface area contributed by atoms with Gasteiger partial charge in [-0.15, -0.1) is 0 Å². The minimum Gasteiger partial charge on any atom is -0.481 e. The van der Waals surface area contributed by atoms with E-state index in [2.05, 4.69) is 82.2 Å². The lowest BCUT2D eigenvalue weighted by Gasteiger charge is -2.70. The van der Waals surface area contributed by atoms with Crippen molar-refractivity contribution >= 4 is 5.97 Å². The molecule has 5 rings (SSSR count). The second kappa shape index (κ2) is 11.3. The molecular weight excluding hydrogens is 562 g/mol. The van der Waals surface area contributed by atoms with Crippen molar-refractivity contribution in [2.24, 2.45) is 67.8 Å². The number of methoxy groups -OCH3 is 1. The Labute approximate surface area is 275 Å². The predicted molar refractivity (Wildman–Crippen MR) is 181 cm³/mol. The summed E-state index contributed by atoms with van der Waals surface area (Å²) in [5.74, 6) is 0.604. The van der Waals surface area contributed by atoms with Crippen LogP contribution in [0.4, 0.5) is 0 Å². The monoisotopic (exact) mass is 630 g/mol. The Morgan fingerprint density at radius 2 is 1.73 bits per heavy atom. The number of fused-ring (bicyclic) bond motifs is 3. The van der Waals surface area contributed by atoms with Gasteiger partial charge in [-0.3, -0.25) is 4.79 Å². The second-order valence-electron chi connectivity index (χ2n) is 19.0. The Bertz CT molecular complexity index is 1170. The molecule has 1 saturated heterocycles. The highest BCUT2D eigenvalue weighted by Crippen LogP contribution is 2.75. The van der Waals surface area contributed by atoms with Gasteiger partial charge in [-0.05, 0) is 103 Å². The van der Waals surface area contributed by atoms with Gasteiger partial charge >= 0.3 is 5.97 Å². The van der Waals surface area contributed by atoms with E-state index < -0.39 is 11.5 Å². The molecule has 45 heavy (non-hydrogen) atoms. The normalized spacial score (nSPS) is 47.0. The quantitative estimate of drug-likeness (QED) is 0.276. The first-order valence-corrected chi connectivity index (χ1v) is 18.1. The van der Waals surface area contributed by atoms with E-state index in [0.717, 1.165) is 51.6 Å². The number of rotatable bonds is 7. The molecule has 5 aliphatic rings. The minimum atomic E-state index is -0.600. The van der Waals surface area contributed by atoms with Gasteiger partial charge in [0.05, 0.1) is 31.3 Å². The molecule has 0 amide bonds. The standard InChI is InChI=1S/C39H67NO5/c1-24(2)25(3)34(7)17-18-36(9)26-13-14-29-35(8)22-44-20-19-39(29,27(26)15-16-37(36,10)30(34)32(41)42)21-28(43-12)31(35)45-23-38(11,40)33(4,5)6/h15,24-26,28-31H,13-14,16-23,40H2,1-12H3,(H,41,42)/t25-,26+,28-,29+,30-,31+,34-,35+,36-,37+,38+,39-/m1/s1. The molecule has 0 unspecified atom stereocenters. The lowest BCUT2D eigenvalue weighted by molar-refractivity contribution is -0.224. The molecule has 0 spiro atoms. The van der Waals surface area contributed by atoms with E-state index in [9.17, 15) is 9.90 Å². The Kier molecular flexibility index (Phi) is 8.88. The summed E-state index contributed by atoms with van der Waals surface area (Å²) in [6.07, 6.45) is 9.41. The maximum Gasteiger partial charge on any atom is 0.307 e. The van der Waals surface area contributed by atoms with Crippen LogP contribution in [-0.2, 0) is 19.0 Å². The van der Waals surface area contributed by atoms with Gasteiger partial charge in [0, 0.05) is 24.7 Å². The molecule has 0 aromatic heterocycles. The summed E-state index contributed by atoms with van der Waals surface area (Å²) in [7, 11) is 1.85. The average molecular weight is 630 g/mol. The van der Waals surface area contributed by atoms with E-state index in [1.807, 2.05) is 7.11 Å². The van der Waals surface area contributed by atoms with E-state index in [0.29, 0.717) is 36.9 Å². The van der Waals surface area contributed by atoms with Gasteiger partial charge < -0.3 is 25.1 Å². The Morgan fingerprint density at radius 1 is 1.07 bits per heavy atom. The maximum atomic E-state index is 13.4.